The minimum absolute atomic E-state index is 0.493. The van der Waals surface area contributed by atoms with Crippen molar-refractivity contribution in [2.45, 2.75) is 0 Å². The number of hydrogen-bond acceptors (Lipinski definition) is 4. The highest BCUT2D eigenvalue weighted by molar-refractivity contribution is 6.99. The molecule has 0 spiro atoms. The summed E-state index contributed by atoms with van der Waals surface area (Å²) in [4.78, 5) is 0. The Morgan fingerprint density at radius 3 is 1.94 bits per heavy atom. The fraction of sp³-hybridized carbons (Fsp3) is 0. The minimum atomic E-state index is 0.493. The first-order valence-corrected chi connectivity index (χ1v) is 6.31. The maximum atomic E-state index is 5.76. The predicted molar refractivity (Wildman–Crippen MR) is 75.2 cm³/mol. The van der Waals surface area contributed by atoms with E-state index in [1.165, 1.54) is 11.1 Å². The van der Waals surface area contributed by atoms with Gasteiger partial charge >= 0.3 is 0 Å². The molecule has 0 saturated heterocycles. The molecule has 18 heavy (non-hydrogen) atoms. The van der Waals surface area contributed by atoms with E-state index >= 15 is 0 Å². The topological polar surface area (TPSA) is 51.8 Å². The fourth-order valence-electron chi connectivity index (χ4n) is 1.85. The van der Waals surface area contributed by atoms with Crippen LogP contribution in [0.4, 0.5) is 5.82 Å². The zero-order chi connectivity index (χ0) is 12.4. The first-order chi connectivity index (χ1) is 8.84. The number of nitrogen functional groups attached to an aromatic ring is 1. The summed E-state index contributed by atoms with van der Waals surface area (Å²) in [6.45, 7) is 0. The van der Waals surface area contributed by atoms with Crippen LogP contribution >= 0.6 is 11.7 Å². The summed E-state index contributed by atoms with van der Waals surface area (Å²) < 4.78 is 8.18. The second-order valence-corrected chi connectivity index (χ2v) is 4.47. The number of aromatic nitrogens is 2. The van der Waals surface area contributed by atoms with Crippen molar-refractivity contribution in [2.75, 3.05) is 5.73 Å². The number of benzene rings is 2. The summed E-state index contributed by atoms with van der Waals surface area (Å²) in [5.41, 5.74) is 9.91. The number of nitrogens with two attached hydrogens (primary N) is 1. The second kappa shape index (κ2) is 4.58. The van der Waals surface area contributed by atoms with Gasteiger partial charge in [0, 0.05) is 5.56 Å². The van der Waals surface area contributed by atoms with Crippen molar-refractivity contribution in [3.05, 3.63) is 54.6 Å². The normalized spacial score (nSPS) is 10.4. The highest BCUT2D eigenvalue weighted by atomic mass is 32.1. The zero-order valence-electron chi connectivity index (χ0n) is 9.58. The lowest BCUT2D eigenvalue weighted by Crippen LogP contribution is -1.88. The van der Waals surface area contributed by atoms with Gasteiger partial charge in [-0.3, -0.25) is 0 Å². The fourth-order valence-corrected chi connectivity index (χ4v) is 2.34. The van der Waals surface area contributed by atoms with E-state index in [4.69, 9.17) is 5.73 Å². The Morgan fingerprint density at radius 2 is 1.33 bits per heavy atom. The van der Waals surface area contributed by atoms with E-state index in [0.717, 1.165) is 23.0 Å². The quantitative estimate of drug-likeness (QED) is 0.761. The van der Waals surface area contributed by atoms with Gasteiger partial charge in [-0.25, -0.2) is 0 Å². The lowest BCUT2D eigenvalue weighted by Gasteiger charge is -2.03. The van der Waals surface area contributed by atoms with Gasteiger partial charge in [-0.1, -0.05) is 54.6 Å². The smallest absolute Gasteiger partial charge is 0.165 e. The molecule has 0 radical (unpaired) electrons. The van der Waals surface area contributed by atoms with Crippen LogP contribution in [0.25, 0.3) is 22.4 Å². The number of rotatable bonds is 2. The standard InChI is InChI=1S/C14H11N3S/c15-14-13(16-18-17-14)12-8-6-11(7-9-12)10-4-2-1-3-5-10/h1-9H,(H2,15,17). The van der Waals surface area contributed by atoms with Crippen molar-refractivity contribution >= 4 is 17.5 Å². The predicted octanol–water partition coefficient (Wildman–Crippen LogP) is 3.45. The molecule has 0 amide bonds. The van der Waals surface area contributed by atoms with Crippen molar-refractivity contribution < 1.29 is 0 Å². The van der Waals surface area contributed by atoms with Gasteiger partial charge in [0.2, 0.25) is 0 Å². The van der Waals surface area contributed by atoms with Crippen molar-refractivity contribution in [2.24, 2.45) is 0 Å². The van der Waals surface area contributed by atoms with Gasteiger partial charge < -0.3 is 5.73 Å². The summed E-state index contributed by atoms with van der Waals surface area (Å²) in [5, 5.41) is 0. The largest absolute Gasteiger partial charge is 0.381 e. The Morgan fingerprint density at radius 1 is 0.722 bits per heavy atom. The van der Waals surface area contributed by atoms with E-state index in [-0.39, 0.29) is 0 Å². The van der Waals surface area contributed by atoms with Crippen molar-refractivity contribution in [1.29, 1.82) is 0 Å². The molecule has 88 valence electrons. The Labute approximate surface area is 109 Å². The molecule has 3 nitrogen and oxygen atoms in total. The molecule has 4 heteroatoms. The minimum Gasteiger partial charge on any atom is -0.381 e. The van der Waals surface area contributed by atoms with Crippen molar-refractivity contribution in [3.8, 4) is 22.4 Å². The van der Waals surface area contributed by atoms with Gasteiger partial charge in [-0.2, -0.15) is 8.75 Å². The second-order valence-electron chi connectivity index (χ2n) is 3.94. The SMILES string of the molecule is Nc1nsnc1-c1ccc(-c2ccccc2)cc1. The van der Waals surface area contributed by atoms with Crippen LogP contribution < -0.4 is 5.73 Å². The first-order valence-electron chi connectivity index (χ1n) is 5.58. The van der Waals surface area contributed by atoms with E-state index < -0.39 is 0 Å². The van der Waals surface area contributed by atoms with Crippen LogP contribution in [-0.2, 0) is 0 Å². The maximum absolute atomic E-state index is 5.76. The average Bonchev–Trinajstić information content (AvgIpc) is 2.86. The highest BCUT2D eigenvalue weighted by Crippen LogP contribution is 2.26. The Kier molecular flexibility index (Phi) is 2.78. The van der Waals surface area contributed by atoms with Crippen LogP contribution in [0.15, 0.2) is 54.6 Å². The summed E-state index contributed by atoms with van der Waals surface area (Å²) in [6.07, 6.45) is 0. The molecule has 0 aliphatic carbocycles. The van der Waals surface area contributed by atoms with Crippen molar-refractivity contribution in [3.63, 3.8) is 0 Å². The Hall–Kier alpha value is -2.20. The average molecular weight is 253 g/mol. The molecule has 1 aromatic heterocycles. The summed E-state index contributed by atoms with van der Waals surface area (Å²) in [6, 6.07) is 18.5. The summed E-state index contributed by atoms with van der Waals surface area (Å²) >= 11 is 1.14. The lowest BCUT2D eigenvalue weighted by atomic mass is 10.0. The molecular formula is C14H11N3S. The molecule has 2 N–H and O–H groups in total. The summed E-state index contributed by atoms with van der Waals surface area (Å²) in [7, 11) is 0. The number of anilines is 1. The molecule has 0 saturated carbocycles. The van der Waals surface area contributed by atoms with E-state index in [1.807, 2.05) is 30.3 Å². The Balaban J connectivity index is 1.97. The van der Waals surface area contributed by atoms with Gasteiger partial charge in [-0.05, 0) is 11.1 Å². The first kappa shape index (κ1) is 10.9. The molecule has 0 aliphatic rings. The van der Waals surface area contributed by atoms with Crippen LogP contribution in [0.5, 0.6) is 0 Å². The molecule has 2 aromatic carbocycles. The van der Waals surface area contributed by atoms with Gasteiger partial charge in [0.1, 0.15) is 5.69 Å². The van der Waals surface area contributed by atoms with Crippen LogP contribution in [0.2, 0.25) is 0 Å². The monoisotopic (exact) mass is 253 g/mol. The molecule has 3 aromatic rings. The molecule has 0 bridgehead atoms. The molecule has 0 atom stereocenters. The third-order valence-corrected chi connectivity index (χ3v) is 3.32. The van der Waals surface area contributed by atoms with Crippen molar-refractivity contribution in [1.82, 2.24) is 8.75 Å². The van der Waals surface area contributed by atoms with Crippen LogP contribution in [-0.4, -0.2) is 8.75 Å². The highest BCUT2D eigenvalue weighted by Gasteiger charge is 2.07. The number of nitrogens with zero attached hydrogens (tertiary/aromatic N) is 2. The number of hydrogen-bond donors (Lipinski definition) is 1. The van der Waals surface area contributed by atoms with E-state index in [0.29, 0.717) is 5.82 Å². The van der Waals surface area contributed by atoms with Gasteiger partial charge in [0.25, 0.3) is 0 Å². The van der Waals surface area contributed by atoms with Gasteiger partial charge in [0.15, 0.2) is 5.82 Å². The molecule has 0 aliphatic heterocycles. The van der Waals surface area contributed by atoms with Crippen LogP contribution in [0, 0.1) is 0 Å². The van der Waals surface area contributed by atoms with E-state index in [9.17, 15) is 0 Å². The van der Waals surface area contributed by atoms with E-state index in [1.54, 1.807) is 0 Å². The summed E-state index contributed by atoms with van der Waals surface area (Å²) in [5.74, 6) is 0.493. The third-order valence-electron chi connectivity index (χ3n) is 2.78. The molecule has 3 rings (SSSR count). The molecule has 1 heterocycles. The molecular weight excluding hydrogens is 242 g/mol. The van der Waals surface area contributed by atoms with Gasteiger partial charge in [0.05, 0.1) is 11.7 Å². The van der Waals surface area contributed by atoms with Gasteiger partial charge in [-0.15, -0.1) is 0 Å². The Bertz CT molecular complexity index is 644. The third kappa shape index (κ3) is 1.98. The molecule has 0 fully saturated rings. The zero-order valence-corrected chi connectivity index (χ0v) is 10.4. The lowest BCUT2D eigenvalue weighted by molar-refractivity contribution is 1.49. The molecule has 0 unspecified atom stereocenters. The van der Waals surface area contributed by atoms with Crippen LogP contribution in [0.3, 0.4) is 0 Å². The maximum Gasteiger partial charge on any atom is 0.165 e. The van der Waals surface area contributed by atoms with E-state index in [2.05, 4.69) is 33.0 Å². The van der Waals surface area contributed by atoms with Crippen LogP contribution in [0.1, 0.15) is 0 Å².